The number of benzene rings is 1. The first-order chi connectivity index (χ1) is 14.3. The highest BCUT2D eigenvalue weighted by Crippen LogP contribution is 2.31. The number of aliphatic imine (C=N–C) groups is 1. The molecule has 0 amide bonds. The second-order valence-corrected chi connectivity index (χ2v) is 7.45. The van der Waals surface area contributed by atoms with E-state index >= 15 is 0 Å². The van der Waals surface area contributed by atoms with Crippen molar-refractivity contribution >= 4 is 29.9 Å². The fourth-order valence-corrected chi connectivity index (χ4v) is 3.19. The van der Waals surface area contributed by atoms with Crippen LogP contribution in [0.5, 0.6) is 5.75 Å². The summed E-state index contributed by atoms with van der Waals surface area (Å²) in [5.41, 5.74) is -0.784. The lowest BCUT2D eigenvalue weighted by Crippen LogP contribution is -2.40. The molecule has 0 saturated carbocycles. The van der Waals surface area contributed by atoms with E-state index < -0.39 is 17.8 Å². The second-order valence-electron chi connectivity index (χ2n) is 7.45. The van der Waals surface area contributed by atoms with Gasteiger partial charge in [-0.2, -0.15) is 13.2 Å². The average Bonchev–Trinajstić information content (AvgIpc) is 2.73. The summed E-state index contributed by atoms with van der Waals surface area (Å²) in [6.45, 7) is 5.08. The fourth-order valence-electron chi connectivity index (χ4n) is 3.19. The summed E-state index contributed by atoms with van der Waals surface area (Å²) in [5, 5.41) is 13.4. The normalized spacial score (nSPS) is 16.4. The Morgan fingerprint density at radius 1 is 1.35 bits per heavy atom. The van der Waals surface area contributed by atoms with Gasteiger partial charge in [-0.05, 0) is 50.3 Å². The molecule has 1 aromatic carbocycles. The summed E-state index contributed by atoms with van der Waals surface area (Å²) in [5.74, 6) is 1.39. The Balaban J connectivity index is 0.00000480. The number of nitrogens with zero attached hydrogens (tertiary/aromatic N) is 2. The van der Waals surface area contributed by atoms with Crippen LogP contribution in [-0.4, -0.2) is 68.6 Å². The van der Waals surface area contributed by atoms with Crippen LogP contribution < -0.4 is 10.1 Å². The van der Waals surface area contributed by atoms with Crippen molar-refractivity contribution in [3.63, 3.8) is 0 Å². The van der Waals surface area contributed by atoms with Gasteiger partial charge in [-0.25, -0.2) is 0 Å². The standard InChI is InChI=1S/C21H32F3N3O3.HI/c1-3-25-20(27(2)10-7-16-8-11-29-12-9-16)26-14-18(28)15-30-19-6-4-5-17(13-19)21(22,23)24;/h4-6,13,16,18,28H,3,7-12,14-15H2,1-2H3,(H,25,26);1H. The Morgan fingerprint density at radius 2 is 2.06 bits per heavy atom. The number of halogens is 4. The van der Waals surface area contributed by atoms with Gasteiger partial charge in [0.15, 0.2) is 5.96 Å². The third kappa shape index (κ3) is 10.3. The maximum atomic E-state index is 12.8. The summed E-state index contributed by atoms with van der Waals surface area (Å²) in [6, 6.07) is 4.61. The van der Waals surface area contributed by atoms with Gasteiger partial charge in [0, 0.05) is 33.4 Å². The first-order valence-electron chi connectivity index (χ1n) is 10.3. The first-order valence-corrected chi connectivity index (χ1v) is 10.3. The number of ether oxygens (including phenoxy) is 2. The number of alkyl halides is 3. The number of aliphatic hydroxyl groups is 1. The molecule has 1 unspecified atom stereocenters. The highest BCUT2D eigenvalue weighted by Gasteiger charge is 2.30. The zero-order valence-corrected chi connectivity index (χ0v) is 20.4. The molecule has 1 saturated heterocycles. The van der Waals surface area contributed by atoms with E-state index in [-0.39, 0.29) is 42.9 Å². The van der Waals surface area contributed by atoms with Gasteiger partial charge in [0.2, 0.25) is 0 Å². The molecule has 1 aliphatic rings. The number of nitrogens with one attached hydrogen (secondary N) is 1. The highest BCUT2D eigenvalue weighted by atomic mass is 127. The van der Waals surface area contributed by atoms with Crippen LogP contribution >= 0.6 is 24.0 Å². The SMILES string of the molecule is CCNC(=NCC(O)COc1cccc(C(F)(F)F)c1)N(C)CCC1CCOCC1.I. The van der Waals surface area contributed by atoms with E-state index in [9.17, 15) is 18.3 Å². The van der Waals surface area contributed by atoms with E-state index in [4.69, 9.17) is 9.47 Å². The molecule has 0 radical (unpaired) electrons. The monoisotopic (exact) mass is 559 g/mol. The number of hydrogen-bond acceptors (Lipinski definition) is 4. The Morgan fingerprint density at radius 3 is 2.71 bits per heavy atom. The predicted octanol–water partition coefficient (Wildman–Crippen LogP) is 3.78. The molecule has 0 bridgehead atoms. The Bertz CT molecular complexity index is 671. The fraction of sp³-hybridized carbons (Fsp3) is 0.667. The molecule has 178 valence electrons. The molecule has 2 rings (SSSR count). The van der Waals surface area contributed by atoms with Gasteiger partial charge in [0.1, 0.15) is 18.5 Å². The minimum Gasteiger partial charge on any atom is -0.491 e. The molecule has 1 fully saturated rings. The molecule has 1 aliphatic heterocycles. The zero-order valence-electron chi connectivity index (χ0n) is 18.0. The topological polar surface area (TPSA) is 66.3 Å². The van der Waals surface area contributed by atoms with Crippen molar-refractivity contribution in [3.05, 3.63) is 29.8 Å². The van der Waals surface area contributed by atoms with Gasteiger partial charge in [-0.1, -0.05) is 6.07 Å². The number of hydrogen-bond donors (Lipinski definition) is 2. The molecule has 0 aliphatic carbocycles. The number of rotatable bonds is 9. The maximum absolute atomic E-state index is 12.8. The number of aliphatic hydroxyl groups excluding tert-OH is 1. The minimum atomic E-state index is -4.43. The highest BCUT2D eigenvalue weighted by molar-refractivity contribution is 14.0. The largest absolute Gasteiger partial charge is 0.491 e. The molecule has 0 spiro atoms. The second kappa shape index (κ2) is 14.0. The van der Waals surface area contributed by atoms with Crippen molar-refractivity contribution in [3.8, 4) is 5.75 Å². The van der Waals surface area contributed by atoms with Crippen molar-refractivity contribution in [2.75, 3.05) is 46.5 Å². The molecule has 1 aromatic rings. The van der Waals surface area contributed by atoms with Crippen LogP contribution in [0.3, 0.4) is 0 Å². The molecular formula is C21H33F3IN3O3. The van der Waals surface area contributed by atoms with E-state index in [1.54, 1.807) is 0 Å². The number of guanidine groups is 1. The Hall–Kier alpha value is -1.27. The molecular weight excluding hydrogens is 526 g/mol. The molecule has 6 nitrogen and oxygen atoms in total. The third-order valence-electron chi connectivity index (χ3n) is 4.97. The van der Waals surface area contributed by atoms with Gasteiger partial charge >= 0.3 is 6.18 Å². The van der Waals surface area contributed by atoms with E-state index in [0.717, 1.165) is 51.2 Å². The van der Waals surface area contributed by atoms with Crippen LogP contribution in [-0.2, 0) is 10.9 Å². The van der Waals surface area contributed by atoms with Crippen molar-refractivity contribution in [1.29, 1.82) is 0 Å². The summed E-state index contributed by atoms with van der Waals surface area (Å²) in [6.07, 6.45) is -2.17. The summed E-state index contributed by atoms with van der Waals surface area (Å²) >= 11 is 0. The Labute approximate surface area is 199 Å². The lowest BCUT2D eigenvalue weighted by atomic mass is 9.96. The smallest absolute Gasteiger partial charge is 0.416 e. The van der Waals surface area contributed by atoms with Crippen LogP contribution in [0.2, 0.25) is 0 Å². The molecule has 1 atom stereocenters. The van der Waals surface area contributed by atoms with Gasteiger partial charge in [0.05, 0.1) is 12.1 Å². The average molecular weight is 559 g/mol. The summed E-state index contributed by atoms with van der Waals surface area (Å²) in [4.78, 5) is 6.47. The Kier molecular flexibility index (Phi) is 12.5. The molecule has 2 N–H and O–H groups in total. The molecule has 0 aromatic heterocycles. The lowest BCUT2D eigenvalue weighted by molar-refractivity contribution is -0.137. The van der Waals surface area contributed by atoms with Gasteiger partial charge in [-0.3, -0.25) is 4.99 Å². The molecule has 1 heterocycles. The van der Waals surface area contributed by atoms with Crippen LogP contribution in [0.4, 0.5) is 13.2 Å². The maximum Gasteiger partial charge on any atom is 0.416 e. The molecule has 31 heavy (non-hydrogen) atoms. The van der Waals surface area contributed by atoms with Crippen molar-refractivity contribution in [2.45, 2.75) is 38.5 Å². The third-order valence-corrected chi connectivity index (χ3v) is 4.97. The van der Waals surface area contributed by atoms with Crippen molar-refractivity contribution < 1.29 is 27.8 Å². The van der Waals surface area contributed by atoms with Crippen LogP contribution in [0.25, 0.3) is 0 Å². The van der Waals surface area contributed by atoms with Crippen molar-refractivity contribution in [1.82, 2.24) is 10.2 Å². The zero-order chi connectivity index (χ0) is 22.0. The van der Waals surface area contributed by atoms with E-state index in [0.29, 0.717) is 18.4 Å². The van der Waals surface area contributed by atoms with E-state index in [1.807, 2.05) is 18.9 Å². The lowest BCUT2D eigenvalue weighted by Gasteiger charge is -2.27. The van der Waals surface area contributed by atoms with Crippen LogP contribution in [0, 0.1) is 5.92 Å². The van der Waals surface area contributed by atoms with Gasteiger partial charge in [-0.15, -0.1) is 24.0 Å². The van der Waals surface area contributed by atoms with Gasteiger partial charge < -0.3 is 24.8 Å². The van der Waals surface area contributed by atoms with Crippen LogP contribution in [0.1, 0.15) is 31.7 Å². The quantitative estimate of drug-likeness (QED) is 0.274. The predicted molar refractivity (Wildman–Crippen MR) is 125 cm³/mol. The van der Waals surface area contributed by atoms with Crippen molar-refractivity contribution in [2.24, 2.45) is 10.9 Å². The van der Waals surface area contributed by atoms with Crippen LogP contribution in [0.15, 0.2) is 29.3 Å². The van der Waals surface area contributed by atoms with Gasteiger partial charge in [0.25, 0.3) is 0 Å². The summed E-state index contributed by atoms with van der Waals surface area (Å²) < 4.78 is 49.0. The summed E-state index contributed by atoms with van der Waals surface area (Å²) in [7, 11) is 1.95. The van der Waals surface area contributed by atoms with E-state index in [2.05, 4.69) is 10.3 Å². The minimum absolute atomic E-state index is 0. The van der Waals surface area contributed by atoms with E-state index in [1.165, 1.54) is 12.1 Å². The first kappa shape index (κ1) is 27.8. The molecule has 10 heteroatoms.